The quantitative estimate of drug-likeness (QED) is 0.645. The number of aromatic nitrogens is 2. The monoisotopic (exact) mass is 445 g/mol. The highest BCUT2D eigenvalue weighted by Gasteiger charge is 2.41. The summed E-state index contributed by atoms with van der Waals surface area (Å²) in [5, 5.41) is 8.70. The van der Waals surface area contributed by atoms with E-state index in [1.165, 1.54) is 22.8 Å². The maximum atomic E-state index is 13.0. The van der Waals surface area contributed by atoms with Gasteiger partial charge in [-0.2, -0.15) is 9.94 Å². The van der Waals surface area contributed by atoms with E-state index in [2.05, 4.69) is 10.1 Å². The van der Waals surface area contributed by atoms with E-state index in [1.807, 2.05) is 6.92 Å². The van der Waals surface area contributed by atoms with Crippen molar-refractivity contribution in [2.75, 3.05) is 5.43 Å². The highest BCUT2D eigenvalue weighted by atomic mass is 32.2. The first-order chi connectivity index (χ1) is 14.5. The molecule has 0 radical (unpaired) electrons. The number of nitrogens with one attached hydrogen (secondary N) is 2. The minimum absolute atomic E-state index is 0.00932. The van der Waals surface area contributed by atoms with E-state index in [-0.39, 0.29) is 15.7 Å². The highest BCUT2D eigenvalue weighted by Crippen LogP contribution is 2.46. The molecule has 1 amide bonds. The summed E-state index contributed by atoms with van der Waals surface area (Å²) in [6, 6.07) is 5.71. The summed E-state index contributed by atoms with van der Waals surface area (Å²) in [5.74, 6) is -0.808. The summed E-state index contributed by atoms with van der Waals surface area (Å²) in [6.07, 6.45) is 2.76. The van der Waals surface area contributed by atoms with Crippen LogP contribution in [0.4, 0.5) is 0 Å². The Morgan fingerprint density at radius 2 is 1.87 bits per heavy atom. The molecule has 1 aromatic heterocycles. The molecule has 1 heterocycles. The van der Waals surface area contributed by atoms with Crippen LogP contribution in [0.25, 0.3) is 10.9 Å². The number of fused-ring (bicyclic) bond motifs is 1. The average Bonchev–Trinajstić information content (AvgIpc) is 3.61. The molecular weight excluding hydrogens is 422 g/mol. The van der Waals surface area contributed by atoms with Crippen LogP contribution >= 0.6 is 0 Å². The van der Waals surface area contributed by atoms with Gasteiger partial charge in [-0.05, 0) is 56.2 Å². The number of rotatable bonds is 7. The maximum Gasteiger partial charge on any atom is 0.350 e. The van der Waals surface area contributed by atoms with Crippen molar-refractivity contribution in [2.24, 2.45) is 5.41 Å². The van der Waals surface area contributed by atoms with Gasteiger partial charge in [-0.3, -0.25) is 19.6 Å². The first-order valence-electron chi connectivity index (χ1n) is 9.97. The van der Waals surface area contributed by atoms with Crippen LogP contribution in [0.1, 0.15) is 46.0 Å². The predicted molar refractivity (Wildman–Crippen MR) is 112 cm³/mol. The number of carbonyl (C=O) groups is 1. The number of nitriles is 1. The number of sulfonamides is 1. The fourth-order valence-corrected chi connectivity index (χ4v) is 4.92. The van der Waals surface area contributed by atoms with Gasteiger partial charge in [0.25, 0.3) is 11.5 Å². The molecule has 31 heavy (non-hydrogen) atoms. The molecule has 2 fully saturated rings. The lowest BCUT2D eigenvalue weighted by Gasteiger charge is -2.18. The van der Waals surface area contributed by atoms with Gasteiger partial charge in [0.05, 0.1) is 21.9 Å². The van der Waals surface area contributed by atoms with Crippen molar-refractivity contribution in [1.29, 1.82) is 5.26 Å². The molecule has 2 aromatic rings. The van der Waals surface area contributed by atoms with Gasteiger partial charge in [0.15, 0.2) is 0 Å². The van der Waals surface area contributed by atoms with Crippen molar-refractivity contribution in [3.05, 3.63) is 39.0 Å². The zero-order valence-corrected chi connectivity index (χ0v) is 18.1. The van der Waals surface area contributed by atoms with Crippen LogP contribution in [0.5, 0.6) is 0 Å². The smallest absolute Gasteiger partial charge is 0.291 e. The molecule has 2 saturated carbocycles. The minimum atomic E-state index is -3.87. The maximum absolute atomic E-state index is 13.0. The Kier molecular flexibility index (Phi) is 4.83. The summed E-state index contributed by atoms with van der Waals surface area (Å²) in [7, 11) is -3.87. The number of hydrogen-bond donors (Lipinski definition) is 2. The fourth-order valence-electron chi connectivity index (χ4n) is 3.43. The normalized spacial score (nSPS) is 18.4. The number of amides is 1. The van der Waals surface area contributed by atoms with E-state index in [9.17, 15) is 22.8 Å². The van der Waals surface area contributed by atoms with E-state index in [1.54, 1.807) is 13.0 Å². The standard InChI is InChI=1S/C20H23N5O5S/c1-19(6-7-19)12-24-15-4-3-13(31(29,30)23-20(2)8-9-20)11-14(15)17(27)25(18(24)28)22-16(26)5-10-21/h3-4,11,23H,5-9,12H2,1-2H3,(H,22,26). The molecule has 10 nitrogen and oxygen atoms in total. The Labute approximate surface area is 178 Å². The van der Waals surface area contributed by atoms with Crippen LogP contribution in [-0.4, -0.2) is 29.1 Å². The van der Waals surface area contributed by atoms with Crippen molar-refractivity contribution in [3.8, 4) is 6.07 Å². The van der Waals surface area contributed by atoms with Crippen LogP contribution in [0, 0.1) is 16.7 Å². The molecule has 0 unspecified atom stereocenters. The van der Waals surface area contributed by atoms with Gasteiger partial charge >= 0.3 is 5.69 Å². The molecule has 2 aliphatic rings. The fraction of sp³-hybridized carbons (Fsp3) is 0.500. The van der Waals surface area contributed by atoms with Crippen molar-refractivity contribution in [2.45, 2.75) is 62.9 Å². The zero-order valence-electron chi connectivity index (χ0n) is 17.3. The molecule has 0 spiro atoms. The molecule has 1 aromatic carbocycles. The van der Waals surface area contributed by atoms with Gasteiger partial charge in [0, 0.05) is 12.1 Å². The summed E-state index contributed by atoms with van der Waals surface area (Å²) in [5.41, 5.74) is 0.281. The first-order valence-corrected chi connectivity index (χ1v) is 11.5. The molecule has 2 aliphatic carbocycles. The molecule has 2 N–H and O–H groups in total. The lowest BCUT2D eigenvalue weighted by atomic mass is 10.1. The number of nitrogens with zero attached hydrogens (tertiary/aromatic N) is 3. The van der Waals surface area contributed by atoms with Gasteiger partial charge in [-0.15, -0.1) is 0 Å². The second kappa shape index (κ2) is 7.03. The minimum Gasteiger partial charge on any atom is -0.291 e. The molecule has 0 bridgehead atoms. The van der Waals surface area contributed by atoms with Crippen LogP contribution < -0.4 is 21.4 Å². The SMILES string of the molecule is CC1(Cn2c(=O)n(NC(=O)CC#N)c(=O)c3cc(S(=O)(=O)NC4(C)CC4)ccc32)CC1. The lowest BCUT2D eigenvalue weighted by molar-refractivity contribution is -0.116. The second-order valence-electron chi connectivity index (χ2n) is 9.03. The topological polar surface area (TPSA) is 143 Å². The van der Waals surface area contributed by atoms with Crippen LogP contribution in [-0.2, 0) is 21.4 Å². The molecule has 164 valence electrons. The predicted octanol–water partition coefficient (Wildman–Crippen LogP) is 0.778. The van der Waals surface area contributed by atoms with E-state index >= 15 is 0 Å². The molecule has 0 atom stereocenters. The van der Waals surface area contributed by atoms with Crippen molar-refractivity contribution in [3.63, 3.8) is 0 Å². The van der Waals surface area contributed by atoms with Gasteiger partial charge in [0.1, 0.15) is 6.42 Å². The summed E-state index contributed by atoms with van der Waals surface area (Å²) in [6.45, 7) is 4.13. The zero-order chi connectivity index (χ0) is 22.6. The molecular formula is C20H23N5O5S. The number of carbonyl (C=O) groups excluding carboxylic acids is 1. The molecule has 0 saturated heterocycles. The van der Waals surface area contributed by atoms with Crippen molar-refractivity contribution < 1.29 is 13.2 Å². The second-order valence-corrected chi connectivity index (χ2v) is 10.7. The van der Waals surface area contributed by atoms with Crippen molar-refractivity contribution >= 4 is 26.8 Å². The van der Waals surface area contributed by atoms with E-state index < -0.39 is 39.1 Å². The Hall–Kier alpha value is -2.97. The van der Waals surface area contributed by atoms with Gasteiger partial charge in [-0.25, -0.2) is 17.9 Å². The third-order valence-electron chi connectivity index (χ3n) is 5.93. The summed E-state index contributed by atoms with van der Waals surface area (Å²) in [4.78, 5) is 37.9. The van der Waals surface area contributed by atoms with Crippen molar-refractivity contribution in [1.82, 2.24) is 14.0 Å². The van der Waals surface area contributed by atoms with Gasteiger partial charge < -0.3 is 0 Å². The van der Waals surface area contributed by atoms with E-state index in [4.69, 9.17) is 5.26 Å². The van der Waals surface area contributed by atoms with Gasteiger partial charge in [-0.1, -0.05) is 6.92 Å². The number of hydrogen-bond acceptors (Lipinski definition) is 6. The first kappa shape index (κ1) is 21.3. The number of benzene rings is 1. The van der Waals surface area contributed by atoms with Crippen LogP contribution in [0.15, 0.2) is 32.7 Å². The van der Waals surface area contributed by atoms with Crippen LogP contribution in [0.2, 0.25) is 0 Å². The Morgan fingerprint density at radius 3 is 2.45 bits per heavy atom. The summed E-state index contributed by atoms with van der Waals surface area (Å²) < 4.78 is 30.1. The van der Waals surface area contributed by atoms with Crippen LogP contribution in [0.3, 0.4) is 0 Å². The average molecular weight is 446 g/mol. The van der Waals surface area contributed by atoms with Gasteiger partial charge in [0.2, 0.25) is 10.0 Å². The third kappa shape index (κ3) is 4.13. The lowest BCUT2D eigenvalue weighted by Crippen LogP contribution is -2.47. The largest absolute Gasteiger partial charge is 0.350 e. The van der Waals surface area contributed by atoms with E-state index in [0.717, 1.165) is 25.7 Å². The molecule has 4 rings (SSSR count). The highest BCUT2D eigenvalue weighted by molar-refractivity contribution is 7.89. The Morgan fingerprint density at radius 1 is 1.19 bits per heavy atom. The third-order valence-corrected chi connectivity index (χ3v) is 7.56. The molecule has 0 aliphatic heterocycles. The molecule has 11 heteroatoms. The summed E-state index contributed by atoms with van der Waals surface area (Å²) >= 11 is 0. The Balaban J connectivity index is 1.89. The van der Waals surface area contributed by atoms with E-state index in [0.29, 0.717) is 16.7 Å². The Bertz CT molecular complexity index is 1360.